The zero-order valence-electron chi connectivity index (χ0n) is 18.2. The summed E-state index contributed by atoms with van der Waals surface area (Å²) >= 11 is 0. The molecule has 0 saturated carbocycles. The number of ether oxygens (including phenoxy) is 4. The van der Waals surface area contributed by atoms with Crippen molar-refractivity contribution >= 4 is 5.78 Å². The number of hydrogen-bond acceptors (Lipinski definition) is 7. The van der Waals surface area contributed by atoms with Crippen LogP contribution in [0.15, 0.2) is 65.3 Å². The van der Waals surface area contributed by atoms with E-state index in [0.29, 0.717) is 47.0 Å². The van der Waals surface area contributed by atoms with Gasteiger partial charge in [0, 0.05) is 18.4 Å². The normalized spacial score (nSPS) is 20.2. The second kappa shape index (κ2) is 8.67. The Balaban J connectivity index is 1.85. The summed E-state index contributed by atoms with van der Waals surface area (Å²) in [5, 5.41) is 9.86. The number of benzene rings is 2. The highest BCUT2D eigenvalue weighted by Gasteiger charge is 2.41. The van der Waals surface area contributed by atoms with Crippen LogP contribution < -0.4 is 19.9 Å². The maximum Gasteiger partial charge on any atom is 0.205 e. The lowest BCUT2D eigenvalue weighted by Crippen LogP contribution is -2.30. The number of rotatable bonds is 5. The summed E-state index contributed by atoms with van der Waals surface area (Å²) in [4.78, 5) is 13.4. The number of nitriles is 1. The van der Waals surface area contributed by atoms with E-state index >= 15 is 0 Å². The first kappa shape index (κ1) is 21.3. The zero-order valence-corrected chi connectivity index (χ0v) is 18.2. The first-order valence-electron chi connectivity index (χ1n) is 10.2. The summed E-state index contributed by atoms with van der Waals surface area (Å²) in [7, 11) is 4.55. The smallest absolute Gasteiger partial charge is 0.205 e. The summed E-state index contributed by atoms with van der Waals surface area (Å²) in [6, 6.07) is 15.5. The highest BCUT2D eigenvalue weighted by atomic mass is 16.5. The molecule has 0 bridgehead atoms. The van der Waals surface area contributed by atoms with E-state index in [9.17, 15) is 10.1 Å². The Labute approximate surface area is 186 Å². The predicted octanol–water partition coefficient (Wildman–Crippen LogP) is 3.92. The van der Waals surface area contributed by atoms with Crippen molar-refractivity contribution in [1.29, 1.82) is 5.26 Å². The number of ketones is 1. The lowest BCUT2D eigenvalue weighted by atomic mass is 9.73. The molecule has 0 spiro atoms. The fraction of sp³-hybridized carbons (Fsp3) is 0.280. The molecule has 7 nitrogen and oxygen atoms in total. The monoisotopic (exact) mass is 432 g/mol. The minimum absolute atomic E-state index is 0.00603. The Morgan fingerprint density at radius 2 is 1.66 bits per heavy atom. The Hall–Kier alpha value is -3.92. The Bertz CT molecular complexity index is 1140. The van der Waals surface area contributed by atoms with Crippen LogP contribution in [0.5, 0.6) is 17.2 Å². The van der Waals surface area contributed by atoms with Gasteiger partial charge in [0.05, 0.1) is 27.2 Å². The van der Waals surface area contributed by atoms with Crippen molar-refractivity contribution in [3.63, 3.8) is 0 Å². The number of nitrogens with two attached hydrogens (primary N) is 1. The van der Waals surface area contributed by atoms with Gasteiger partial charge in [-0.2, -0.15) is 5.26 Å². The van der Waals surface area contributed by atoms with Gasteiger partial charge in [-0.1, -0.05) is 30.3 Å². The van der Waals surface area contributed by atoms with Crippen LogP contribution in [0.4, 0.5) is 0 Å². The first-order valence-corrected chi connectivity index (χ1v) is 10.2. The van der Waals surface area contributed by atoms with Gasteiger partial charge in [-0.25, -0.2) is 0 Å². The van der Waals surface area contributed by atoms with Crippen LogP contribution in [0.1, 0.15) is 35.8 Å². The van der Waals surface area contributed by atoms with E-state index in [1.807, 2.05) is 30.3 Å². The second-order valence-electron chi connectivity index (χ2n) is 7.66. The van der Waals surface area contributed by atoms with Crippen molar-refractivity contribution in [3.05, 3.63) is 76.4 Å². The van der Waals surface area contributed by atoms with Gasteiger partial charge in [-0.15, -0.1) is 0 Å². The zero-order chi connectivity index (χ0) is 22.8. The Morgan fingerprint density at radius 3 is 2.22 bits per heavy atom. The van der Waals surface area contributed by atoms with Crippen LogP contribution in [-0.2, 0) is 9.53 Å². The summed E-state index contributed by atoms with van der Waals surface area (Å²) in [6.45, 7) is 0. The molecule has 0 saturated heterocycles. The molecular formula is C25H24N2O5. The van der Waals surface area contributed by atoms with Crippen molar-refractivity contribution in [2.45, 2.75) is 24.7 Å². The number of methoxy groups -OCH3 is 3. The number of Topliss-reactive ketones (excluding diaryl/α,β-unsaturated/α-hetero) is 1. The minimum Gasteiger partial charge on any atom is -0.493 e. The van der Waals surface area contributed by atoms with E-state index in [4.69, 9.17) is 24.7 Å². The minimum atomic E-state index is -0.679. The van der Waals surface area contributed by atoms with Crippen LogP contribution in [0.3, 0.4) is 0 Å². The lowest BCUT2D eigenvalue weighted by Gasteiger charge is -2.34. The quantitative estimate of drug-likeness (QED) is 0.764. The molecule has 2 N–H and O–H groups in total. The van der Waals surface area contributed by atoms with E-state index in [1.54, 1.807) is 12.1 Å². The van der Waals surface area contributed by atoms with E-state index in [1.165, 1.54) is 21.3 Å². The first-order chi connectivity index (χ1) is 15.5. The number of nitrogens with zero attached hydrogens (tertiary/aromatic N) is 1. The van der Waals surface area contributed by atoms with Crippen LogP contribution in [0.25, 0.3) is 0 Å². The third-order valence-corrected chi connectivity index (χ3v) is 5.95. The molecule has 2 aromatic rings. The standard InChI is InChI=1S/C25H24N2O5/c1-29-20-11-16(12-21(30-2)24(20)31-3)22-17(13-26)25(27)32-19-10-15(9-18(28)23(19)22)14-7-5-4-6-8-14/h4-8,11-12,15,22H,9-10,27H2,1-3H3. The molecule has 0 amide bonds. The van der Waals surface area contributed by atoms with Crippen LogP contribution >= 0.6 is 0 Å². The van der Waals surface area contributed by atoms with Gasteiger partial charge < -0.3 is 24.7 Å². The predicted molar refractivity (Wildman–Crippen MR) is 117 cm³/mol. The average molecular weight is 432 g/mol. The molecule has 4 rings (SSSR count). The van der Waals surface area contributed by atoms with Crippen molar-refractivity contribution in [2.24, 2.45) is 5.73 Å². The fourth-order valence-corrected chi connectivity index (χ4v) is 4.47. The molecule has 1 heterocycles. The van der Waals surface area contributed by atoms with Crippen molar-refractivity contribution in [1.82, 2.24) is 0 Å². The number of allylic oxidation sites excluding steroid dienone is 3. The summed E-state index contributed by atoms with van der Waals surface area (Å²) in [6.07, 6.45) is 0.844. The van der Waals surface area contributed by atoms with E-state index in [2.05, 4.69) is 6.07 Å². The molecule has 0 aromatic heterocycles. The average Bonchev–Trinajstić information content (AvgIpc) is 2.82. The number of carbonyl (C=O) groups is 1. The largest absolute Gasteiger partial charge is 0.493 e. The van der Waals surface area contributed by atoms with Gasteiger partial charge in [0.15, 0.2) is 17.3 Å². The maximum atomic E-state index is 13.4. The molecule has 1 aliphatic carbocycles. The molecular weight excluding hydrogens is 408 g/mol. The van der Waals surface area contributed by atoms with E-state index in [0.717, 1.165) is 5.56 Å². The van der Waals surface area contributed by atoms with Gasteiger partial charge in [0.2, 0.25) is 11.6 Å². The van der Waals surface area contributed by atoms with Gasteiger partial charge in [0.1, 0.15) is 17.4 Å². The van der Waals surface area contributed by atoms with Gasteiger partial charge in [-0.3, -0.25) is 4.79 Å². The van der Waals surface area contributed by atoms with Crippen molar-refractivity contribution in [3.8, 4) is 23.3 Å². The molecule has 0 radical (unpaired) electrons. The molecule has 32 heavy (non-hydrogen) atoms. The summed E-state index contributed by atoms with van der Waals surface area (Å²) in [5.74, 6) is 1.03. The summed E-state index contributed by atoms with van der Waals surface area (Å²) < 4.78 is 22.2. The van der Waals surface area contributed by atoms with Gasteiger partial charge >= 0.3 is 0 Å². The fourth-order valence-electron chi connectivity index (χ4n) is 4.47. The Kier molecular flexibility index (Phi) is 5.78. The lowest BCUT2D eigenvalue weighted by molar-refractivity contribution is -0.117. The highest BCUT2D eigenvalue weighted by molar-refractivity contribution is 6.00. The third kappa shape index (κ3) is 3.54. The topological polar surface area (TPSA) is 104 Å². The summed E-state index contributed by atoms with van der Waals surface area (Å²) in [5.41, 5.74) is 8.50. The van der Waals surface area contributed by atoms with Gasteiger partial charge in [0.25, 0.3) is 0 Å². The van der Waals surface area contributed by atoms with Crippen LogP contribution in [0, 0.1) is 11.3 Å². The Morgan fingerprint density at radius 1 is 1.00 bits per heavy atom. The van der Waals surface area contributed by atoms with Gasteiger partial charge in [-0.05, 0) is 29.2 Å². The number of hydrogen-bond donors (Lipinski definition) is 1. The highest BCUT2D eigenvalue weighted by Crippen LogP contribution is 2.49. The molecule has 2 aromatic carbocycles. The van der Waals surface area contributed by atoms with E-state index < -0.39 is 5.92 Å². The molecule has 2 aliphatic rings. The SMILES string of the molecule is COc1cc(C2C(C#N)=C(N)OC3=C2C(=O)CC(c2ccccc2)C3)cc(OC)c1OC. The molecule has 7 heteroatoms. The molecule has 0 fully saturated rings. The molecule has 2 unspecified atom stereocenters. The molecule has 1 aliphatic heterocycles. The maximum absolute atomic E-state index is 13.4. The van der Waals surface area contributed by atoms with Crippen LogP contribution in [0.2, 0.25) is 0 Å². The van der Waals surface area contributed by atoms with E-state index in [-0.39, 0.29) is 23.2 Å². The number of carbonyl (C=O) groups excluding carboxylic acids is 1. The van der Waals surface area contributed by atoms with Crippen molar-refractivity contribution in [2.75, 3.05) is 21.3 Å². The van der Waals surface area contributed by atoms with Crippen molar-refractivity contribution < 1.29 is 23.7 Å². The third-order valence-electron chi connectivity index (χ3n) is 5.95. The van der Waals surface area contributed by atoms with Crippen LogP contribution in [-0.4, -0.2) is 27.1 Å². The second-order valence-corrected chi connectivity index (χ2v) is 7.66. The molecule has 164 valence electrons. The molecule has 2 atom stereocenters.